The van der Waals surface area contributed by atoms with Crippen LogP contribution in [0.2, 0.25) is 0 Å². The lowest BCUT2D eigenvalue weighted by Crippen LogP contribution is -2.30. The van der Waals surface area contributed by atoms with Gasteiger partial charge in [0, 0.05) is 19.3 Å². The third-order valence-corrected chi connectivity index (χ3v) is 13.5. The summed E-state index contributed by atoms with van der Waals surface area (Å²) in [7, 11) is 0. The first-order chi connectivity index (χ1) is 39.5. The average Bonchev–Trinajstić information content (AvgIpc) is 3.46. The van der Waals surface area contributed by atoms with Gasteiger partial charge in [0.15, 0.2) is 6.10 Å². The zero-order valence-electron chi connectivity index (χ0n) is 51.8. The number of rotatable bonds is 58. The summed E-state index contributed by atoms with van der Waals surface area (Å²) in [5.41, 5.74) is 0. The summed E-state index contributed by atoms with van der Waals surface area (Å²) in [6.07, 6.45) is 95.7. The smallest absolute Gasteiger partial charge is 0.306 e. The summed E-state index contributed by atoms with van der Waals surface area (Å²) in [4.78, 5) is 38.2. The molecule has 0 amide bonds. The number of carbonyl (C=O) groups excluding carboxylic acids is 3. The molecule has 1 atom stereocenters. The van der Waals surface area contributed by atoms with Crippen molar-refractivity contribution in [3.8, 4) is 0 Å². The van der Waals surface area contributed by atoms with Crippen molar-refractivity contribution in [2.45, 2.75) is 290 Å². The van der Waals surface area contributed by atoms with Crippen LogP contribution in [0.15, 0.2) is 146 Å². The maximum atomic E-state index is 12.9. The SMILES string of the molecule is CC/C=C\C/C=C\C/C=C\C/C=C\C/C=C\C/C=C\C/C=C\C/C=C\C/C=C\C/C=C\CCCCCCC(=O)OCC(COC(=O)CCCCCCC/C=C\CCCCC)OC(=O)CCCCCCC/C=C\CCCCCCCC. The molecule has 0 aromatic heterocycles. The van der Waals surface area contributed by atoms with Crippen molar-refractivity contribution in [2.75, 3.05) is 13.2 Å². The standard InChI is InChI=1S/C74H120O6/c1-4-7-10-13-16-19-22-25-27-28-29-30-31-32-33-34-35-36-37-38-39-40-41-42-43-44-45-46-48-49-52-55-58-61-64-67-73(76)79-70-71(69-78-72(75)66-63-60-57-54-51-24-21-18-15-12-9-6-3)80-74(77)68-65-62-59-56-53-50-47-26-23-20-17-14-11-8-5-2/h7,10,16,18-19,21,25-27,29-30,32-33,35-36,38-39,41-42,44-45,47-49,71H,4-6,8-9,11-15,17,20,22-24,28,31,34,37,40,43,46,50-70H2,1-3H3/b10-7-,19-16-,21-18-,27-25-,30-29-,33-32-,36-35-,39-38-,42-41-,45-44-,47-26-,49-48-. The van der Waals surface area contributed by atoms with Gasteiger partial charge in [0.2, 0.25) is 0 Å². The Kier molecular flexibility index (Phi) is 62.9. The van der Waals surface area contributed by atoms with Crippen molar-refractivity contribution in [3.63, 3.8) is 0 Å². The van der Waals surface area contributed by atoms with Crippen LogP contribution in [0.25, 0.3) is 0 Å². The van der Waals surface area contributed by atoms with E-state index in [4.69, 9.17) is 14.2 Å². The molecule has 0 saturated heterocycles. The largest absolute Gasteiger partial charge is 0.462 e. The molecule has 0 aromatic carbocycles. The summed E-state index contributed by atoms with van der Waals surface area (Å²) in [6.45, 7) is 6.46. The molecule has 0 N–H and O–H groups in total. The predicted molar refractivity (Wildman–Crippen MR) is 348 cm³/mol. The molecule has 6 nitrogen and oxygen atoms in total. The topological polar surface area (TPSA) is 78.9 Å². The minimum atomic E-state index is -0.801. The fourth-order valence-electron chi connectivity index (χ4n) is 8.64. The molecule has 0 saturated carbocycles. The van der Waals surface area contributed by atoms with Crippen LogP contribution in [-0.2, 0) is 28.6 Å². The Morgan fingerprint density at radius 2 is 0.487 bits per heavy atom. The molecule has 80 heavy (non-hydrogen) atoms. The monoisotopic (exact) mass is 1100 g/mol. The van der Waals surface area contributed by atoms with Crippen LogP contribution in [0.3, 0.4) is 0 Å². The van der Waals surface area contributed by atoms with E-state index in [1.165, 1.54) is 83.5 Å². The summed E-state index contributed by atoms with van der Waals surface area (Å²) < 4.78 is 16.9. The van der Waals surface area contributed by atoms with E-state index >= 15 is 0 Å². The lowest BCUT2D eigenvalue weighted by molar-refractivity contribution is -0.167. The average molecular weight is 1110 g/mol. The summed E-state index contributed by atoms with van der Waals surface area (Å²) in [6, 6.07) is 0. The third kappa shape index (κ3) is 64.1. The number of carbonyl (C=O) groups is 3. The zero-order chi connectivity index (χ0) is 57.8. The van der Waals surface area contributed by atoms with Gasteiger partial charge in [0.25, 0.3) is 0 Å². The highest BCUT2D eigenvalue weighted by Gasteiger charge is 2.19. The van der Waals surface area contributed by atoms with Gasteiger partial charge in [-0.25, -0.2) is 0 Å². The Balaban J connectivity index is 4.31. The van der Waals surface area contributed by atoms with Crippen molar-refractivity contribution in [3.05, 3.63) is 146 Å². The number of ether oxygens (including phenoxy) is 3. The van der Waals surface area contributed by atoms with Crippen molar-refractivity contribution in [1.82, 2.24) is 0 Å². The third-order valence-electron chi connectivity index (χ3n) is 13.5. The molecular weight excluding hydrogens is 985 g/mol. The first-order valence-electron chi connectivity index (χ1n) is 32.8. The Morgan fingerprint density at radius 1 is 0.263 bits per heavy atom. The van der Waals surface area contributed by atoms with Gasteiger partial charge in [0.1, 0.15) is 13.2 Å². The molecule has 0 spiro atoms. The lowest BCUT2D eigenvalue weighted by atomic mass is 10.1. The first-order valence-corrected chi connectivity index (χ1v) is 32.8. The number of allylic oxidation sites excluding steroid dienone is 24. The molecule has 0 rings (SSSR count). The van der Waals surface area contributed by atoms with E-state index in [2.05, 4.69) is 167 Å². The quantitative estimate of drug-likeness (QED) is 0.0261. The minimum absolute atomic E-state index is 0.0969. The van der Waals surface area contributed by atoms with Gasteiger partial charge in [-0.05, 0) is 148 Å². The number of esters is 3. The molecule has 0 radical (unpaired) electrons. The highest BCUT2D eigenvalue weighted by Crippen LogP contribution is 2.14. The van der Waals surface area contributed by atoms with Crippen LogP contribution in [0, 0.1) is 0 Å². The maximum Gasteiger partial charge on any atom is 0.306 e. The second-order valence-corrected chi connectivity index (χ2v) is 21.3. The first kappa shape index (κ1) is 75.3. The van der Waals surface area contributed by atoms with E-state index in [0.29, 0.717) is 19.3 Å². The van der Waals surface area contributed by atoms with E-state index in [0.717, 1.165) is 161 Å². The number of hydrogen-bond donors (Lipinski definition) is 0. The van der Waals surface area contributed by atoms with E-state index in [1.54, 1.807) is 0 Å². The molecular formula is C74H120O6. The Hall–Kier alpha value is -4.71. The van der Waals surface area contributed by atoms with Crippen LogP contribution in [-0.4, -0.2) is 37.2 Å². The highest BCUT2D eigenvalue weighted by atomic mass is 16.6. The van der Waals surface area contributed by atoms with Gasteiger partial charge < -0.3 is 14.2 Å². The van der Waals surface area contributed by atoms with E-state index in [-0.39, 0.29) is 31.1 Å². The summed E-state index contributed by atoms with van der Waals surface area (Å²) in [5.74, 6) is -0.940. The molecule has 0 fully saturated rings. The lowest BCUT2D eigenvalue weighted by Gasteiger charge is -2.18. The van der Waals surface area contributed by atoms with Crippen LogP contribution >= 0.6 is 0 Å². The van der Waals surface area contributed by atoms with Gasteiger partial charge in [-0.2, -0.15) is 0 Å². The Labute approximate surface area is 493 Å². The van der Waals surface area contributed by atoms with E-state index in [9.17, 15) is 14.4 Å². The van der Waals surface area contributed by atoms with Crippen molar-refractivity contribution in [2.24, 2.45) is 0 Å². The fraction of sp³-hybridized carbons (Fsp3) is 0.635. The maximum absolute atomic E-state index is 12.9. The Bertz CT molecular complexity index is 1750. The predicted octanol–water partition coefficient (Wildman–Crippen LogP) is 22.7. The van der Waals surface area contributed by atoms with Gasteiger partial charge in [-0.3, -0.25) is 14.4 Å². The molecule has 1 unspecified atom stereocenters. The molecule has 6 heteroatoms. The van der Waals surface area contributed by atoms with Crippen LogP contribution in [0.4, 0.5) is 0 Å². The molecule has 0 aliphatic heterocycles. The highest BCUT2D eigenvalue weighted by molar-refractivity contribution is 5.71. The molecule has 0 aliphatic carbocycles. The number of hydrogen-bond acceptors (Lipinski definition) is 6. The van der Waals surface area contributed by atoms with Crippen LogP contribution < -0.4 is 0 Å². The van der Waals surface area contributed by atoms with Gasteiger partial charge in [0.05, 0.1) is 0 Å². The molecule has 452 valence electrons. The summed E-state index contributed by atoms with van der Waals surface area (Å²) >= 11 is 0. The van der Waals surface area contributed by atoms with Gasteiger partial charge >= 0.3 is 17.9 Å². The van der Waals surface area contributed by atoms with Crippen molar-refractivity contribution < 1.29 is 28.6 Å². The van der Waals surface area contributed by atoms with E-state index in [1.807, 2.05) is 0 Å². The molecule has 0 heterocycles. The molecule has 0 bridgehead atoms. The fourth-order valence-corrected chi connectivity index (χ4v) is 8.64. The second-order valence-electron chi connectivity index (χ2n) is 21.3. The van der Waals surface area contributed by atoms with Gasteiger partial charge in [-0.15, -0.1) is 0 Å². The minimum Gasteiger partial charge on any atom is -0.462 e. The normalized spacial score (nSPS) is 13.1. The second kappa shape index (κ2) is 66.8. The van der Waals surface area contributed by atoms with Crippen molar-refractivity contribution in [1.29, 1.82) is 0 Å². The van der Waals surface area contributed by atoms with Crippen molar-refractivity contribution >= 4 is 17.9 Å². The Morgan fingerprint density at radius 3 is 0.800 bits per heavy atom. The molecule has 0 aromatic rings. The zero-order valence-corrected chi connectivity index (χ0v) is 51.8. The molecule has 0 aliphatic rings. The van der Waals surface area contributed by atoms with Crippen LogP contribution in [0.5, 0.6) is 0 Å². The van der Waals surface area contributed by atoms with Gasteiger partial charge in [-0.1, -0.05) is 263 Å². The van der Waals surface area contributed by atoms with E-state index < -0.39 is 6.10 Å². The number of unbranched alkanes of at least 4 members (excludes halogenated alkanes) is 23. The summed E-state index contributed by atoms with van der Waals surface area (Å²) in [5, 5.41) is 0. The van der Waals surface area contributed by atoms with Crippen LogP contribution in [0.1, 0.15) is 284 Å².